The first-order valence-corrected chi connectivity index (χ1v) is 11.1. The van der Waals surface area contributed by atoms with Gasteiger partial charge in [0.15, 0.2) is 0 Å². The third-order valence-corrected chi connectivity index (χ3v) is 6.26. The predicted molar refractivity (Wildman–Crippen MR) is 127 cm³/mol. The molecule has 0 unspecified atom stereocenters. The smallest absolute Gasteiger partial charge is 0.211 e. The molecule has 0 aliphatic carbocycles. The average Bonchev–Trinajstić information content (AvgIpc) is 2.84. The molecule has 0 saturated heterocycles. The molecule has 1 heterocycles. The lowest BCUT2D eigenvalue weighted by Gasteiger charge is -2.39. The molecule has 4 rings (SSSR count). The van der Waals surface area contributed by atoms with Gasteiger partial charge in [0.2, 0.25) is 5.12 Å². The van der Waals surface area contributed by atoms with Crippen LogP contribution in [0.15, 0.2) is 120 Å². The van der Waals surface area contributed by atoms with E-state index in [1.165, 1.54) is 11.8 Å². The van der Waals surface area contributed by atoms with Crippen LogP contribution in [-0.2, 0) is 10.3 Å². The molecule has 0 fully saturated rings. The van der Waals surface area contributed by atoms with Crippen LogP contribution in [0.3, 0.4) is 0 Å². The number of nitrogens with zero attached hydrogens (tertiary/aromatic N) is 1. The van der Waals surface area contributed by atoms with E-state index < -0.39 is 11.6 Å². The quantitative estimate of drug-likeness (QED) is 0.307. The molecular weight excluding hydrogens is 400 g/mol. The number of aromatic nitrogens is 1. The van der Waals surface area contributed by atoms with Crippen molar-refractivity contribution >= 4 is 16.9 Å². The van der Waals surface area contributed by atoms with Crippen molar-refractivity contribution in [3.05, 3.63) is 132 Å². The van der Waals surface area contributed by atoms with Crippen LogP contribution in [0.5, 0.6) is 0 Å². The number of pyridine rings is 1. The van der Waals surface area contributed by atoms with Crippen LogP contribution in [0.2, 0.25) is 0 Å². The lowest BCUT2D eigenvalue weighted by atomic mass is 9.76. The van der Waals surface area contributed by atoms with Crippen LogP contribution >= 0.6 is 11.8 Å². The predicted octanol–water partition coefficient (Wildman–Crippen LogP) is 5.67. The summed E-state index contributed by atoms with van der Waals surface area (Å²) in [7, 11) is 0. The molecule has 0 radical (unpaired) electrons. The summed E-state index contributed by atoms with van der Waals surface area (Å²) in [5.41, 5.74) is 2.56. The van der Waals surface area contributed by atoms with Gasteiger partial charge < -0.3 is 0 Å². The fourth-order valence-corrected chi connectivity index (χ4v) is 4.50. The number of hydrogen-bond acceptors (Lipinski definition) is 4. The summed E-state index contributed by atoms with van der Waals surface area (Å²) >= 11 is 1.17. The summed E-state index contributed by atoms with van der Waals surface area (Å²) in [6, 6.07) is 36.1. The number of rotatable bonds is 7. The molecule has 4 aromatic rings. The molecular formula is C27H24N2OS. The zero-order chi connectivity index (χ0) is 21.5. The Balaban J connectivity index is 1.79. The second-order valence-corrected chi connectivity index (χ2v) is 8.33. The summed E-state index contributed by atoms with van der Waals surface area (Å²) in [5.74, 6) is 0. The molecule has 4 heteroatoms. The fraction of sp³-hybridized carbons (Fsp3) is 0.111. The van der Waals surface area contributed by atoms with Crippen molar-refractivity contribution < 1.29 is 4.79 Å². The molecule has 0 aliphatic heterocycles. The van der Waals surface area contributed by atoms with Gasteiger partial charge in [0.05, 0.1) is 11.6 Å². The van der Waals surface area contributed by atoms with E-state index in [9.17, 15) is 4.79 Å². The van der Waals surface area contributed by atoms with Crippen LogP contribution in [-0.4, -0.2) is 16.1 Å². The standard InChI is InChI=1S/C27H24N2OS/c1-21(26(30)31-25-19-11-12-20-28-25)29-27(22-13-5-2-6-14-22,23-15-7-3-8-16-23)24-17-9-4-10-18-24/h2-21,29H,1H3/t21-/m0/s1. The minimum Gasteiger partial charge on any atom is -0.290 e. The van der Waals surface area contributed by atoms with E-state index in [2.05, 4.69) is 46.7 Å². The monoisotopic (exact) mass is 424 g/mol. The number of hydrogen-bond donors (Lipinski definition) is 1. The molecule has 31 heavy (non-hydrogen) atoms. The second kappa shape index (κ2) is 9.73. The van der Waals surface area contributed by atoms with E-state index in [-0.39, 0.29) is 5.12 Å². The van der Waals surface area contributed by atoms with E-state index in [4.69, 9.17) is 0 Å². The van der Waals surface area contributed by atoms with Gasteiger partial charge in [-0.3, -0.25) is 10.1 Å². The maximum Gasteiger partial charge on any atom is 0.211 e. The Kier molecular flexibility index (Phi) is 6.60. The molecule has 0 spiro atoms. The Morgan fingerprint density at radius 1 is 0.742 bits per heavy atom. The van der Waals surface area contributed by atoms with Gasteiger partial charge in [0, 0.05) is 6.20 Å². The summed E-state index contributed by atoms with van der Waals surface area (Å²) in [6.45, 7) is 1.92. The molecule has 1 atom stereocenters. The maximum atomic E-state index is 13.1. The number of nitrogens with one attached hydrogen (secondary N) is 1. The van der Waals surface area contributed by atoms with Gasteiger partial charge >= 0.3 is 0 Å². The van der Waals surface area contributed by atoms with Crippen molar-refractivity contribution in [2.75, 3.05) is 0 Å². The van der Waals surface area contributed by atoms with E-state index in [0.29, 0.717) is 5.03 Å². The first kappa shape index (κ1) is 21.0. The highest BCUT2D eigenvalue weighted by Crippen LogP contribution is 2.37. The average molecular weight is 425 g/mol. The molecule has 0 saturated carbocycles. The van der Waals surface area contributed by atoms with Crippen molar-refractivity contribution in [1.82, 2.24) is 10.3 Å². The van der Waals surface area contributed by atoms with Crippen molar-refractivity contribution in [2.45, 2.75) is 23.5 Å². The molecule has 154 valence electrons. The highest BCUT2D eigenvalue weighted by Gasteiger charge is 2.38. The van der Waals surface area contributed by atoms with E-state index >= 15 is 0 Å². The zero-order valence-corrected chi connectivity index (χ0v) is 18.1. The van der Waals surface area contributed by atoms with E-state index in [1.54, 1.807) is 6.20 Å². The van der Waals surface area contributed by atoms with Crippen LogP contribution in [0.25, 0.3) is 0 Å². The van der Waals surface area contributed by atoms with E-state index in [1.807, 2.05) is 79.7 Å². The number of thioether (sulfide) groups is 1. The van der Waals surface area contributed by atoms with Gasteiger partial charge in [-0.05, 0) is 47.5 Å². The summed E-state index contributed by atoms with van der Waals surface area (Å²) in [6.07, 6.45) is 1.70. The second-order valence-electron chi connectivity index (χ2n) is 7.30. The van der Waals surface area contributed by atoms with Crippen LogP contribution < -0.4 is 5.32 Å². The number of carbonyl (C=O) groups is 1. The minimum atomic E-state index is -0.677. The molecule has 3 aromatic carbocycles. The van der Waals surface area contributed by atoms with Gasteiger partial charge in [-0.15, -0.1) is 0 Å². The molecule has 1 N–H and O–H groups in total. The van der Waals surface area contributed by atoms with Crippen LogP contribution in [0.1, 0.15) is 23.6 Å². The Labute approximate surface area is 187 Å². The third-order valence-electron chi connectivity index (χ3n) is 5.25. The molecule has 0 aliphatic rings. The van der Waals surface area contributed by atoms with Gasteiger partial charge in [-0.1, -0.05) is 97.1 Å². The van der Waals surface area contributed by atoms with E-state index in [0.717, 1.165) is 16.7 Å². The number of carbonyl (C=O) groups excluding carboxylic acids is 1. The lowest BCUT2D eigenvalue weighted by molar-refractivity contribution is -0.112. The van der Waals surface area contributed by atoms with Crippen LogP contribution in [0.4, 0.5) is 0 Å². The topological polar surface area (TPSA) is 42.0 Å². The maximum absolute atomic E-state index is 13.1. The normalized spacial score (nSPS) is 12.3. The van der Waals surface area contributed by atoms with Gasteiger partial charge in [-0.25, -0.2) is 4.98 Å². The molecule has 0 bridgehead atoms. The summed E-state index contributed by atoms with van der Waals surface area (Å²) in [5, 5.41) is 4.42. The lowest BCUT2D eigenvalue weighted by Crippen LogP contribution is -2.51. The van der Waals surface area contributed by atoms with Crippen molar-refractivity contribution in [1.29, 1.82) is 0 Å². The first-order valence-electron chi connectivity index (χ1n) is 10.3. The van der Waals surface area contributed by atoms with Crippen LogP contribution in [0, 0.1) is 0 Å². The SMILES string of the molecule is C[C@H](NC(c1ccccc1)(c1ccccc1)c1ccccc1)C(=O)Sc1ccccn1. The Bertz CT molecular complexity index is 1010. The van der Waals surface area contributed by atoms with Gasteiger partial charge in [0.1, 0.15) is 5.03 Å². The zero-order valence-electron chi connectivity index (χ0n) is 17.3. The largest absolute Gasteiger partial charge is 0.290 e. The van der Waals surface area contributed by atoms with Gasteiger partial charge in [0.25, 0.3) is 0 Å². The molecule has 0 amide bonds. The number of benzene rings is 3. The van der Waals surface area contributed by atoms with Gasteiger partial charge in [-0.2, -0.15) is 0 Å². The fourth-order valence-electron chi connectivity index (χ4n) is 3.80. The highest BCUT2D eigenvalue weighted by atomic mass is 32.2. The Morgan fingerprint density at radius 3 is 1.61 bits per heavy atom. The highest BCUT2D eigenvalue weighted by molar-refractivity contribution is 8.13. The first-order chi connectivity index (χ1) is 15.2. The Morgan fingerprint density at radius 2 is 1.19 bits per heavy atom. The Hall–Kier alpha value is -3.21. The third kappa shape index (κ3) is 4.61. The summed E-state index contributed by atoms with van der Waals surface area (Å²) in [4.78, 5) is 17.4. The minimum absolute atomic E-state index is 0.0193. The van der Waals surface area contributed by atoms with Crippen molar-refractivity contribution in [3.63, 3.8) is 0 Å². The molecule has 3 nitrogen and oxygen atoms in total. The van der Waals surface area contributed by atoms with Crippen molar-refractivity contribution in [3.8, 4) is 0 Å². The molecule has 1 aromatic heterocycles. The van der Waals surface area contributed by atoms with Crippen molar-refractivity contribution in [2.24, 2.45) is 0 Å². The summed E-state index contributed by atoms with van der Waals surface area (Å²) < 4.78 is 0.